The number of carbonyl (C=O) groups excluding carboxylic acids is 1. The highest BCUT2D eigenvalue weighted by Crippen LogP contribution is 2.28. The molecule has 0 saturated carbocycles. The van der Waals surface area contributed by atoms with Crippen LogP contribution in [0.1, 0.15) is 21.9 Å². The van der Waals surface area contributed by atoms with Crippen molar-refractivity contribution in [1.82, 2.24) is 20.1 Å². The number of hydrogen-bond acceptors (Lipinski definition) is 4. The minimum atomic E-state index is -0.184. The van der Waals surface area contributed by atoms with E-state index in [0.717, 1.165) is 15.4 Å². The van der Waals surface area contributed by atoms with Gasteiger partial charge in [-0.05, 0) is 25.1 Å². The second-order valence-electron chi connectivity index (χ2n) is 4.79. The van der Waals surface area contributed by atoms with Gasteiger partial charge in [-0.15, -0.1) is 0 Å². The molecule has 108 valence electrons. The van der Waals surface area contributed by atoms with Crippen LogP contribution in [0.15, 0.2) is 33.4 Å². The van der Waals surface area contributed by atoms with E-state index in [-0.39, 0.29) is 5.91 Å². The van der Waals surface area contributed by atoms with Gasteiger partial charge in [-0.25, -0.2) is 4.98 Å². The van der Waals surface area contributed by atoms with Gasteiger partial charge in [0.1, 0.15) is 17.7 Å². The van der Waals surface area contributed by atoms with Crippen molar-refractivity contribution >= 4 is 32.8 Å². The number of hydrogen-bond donors (Lipinski definition) is 1. The second kappa shape index (κ2) is 5.33. The molecule has 0 radical (unpaired) electrons. The van der Waals surface area contributed by atoms with E-state index in [1.807, 2.05) is 25.1 Å². The van der Waals surface area contributed by atoms with Gasteiger partial charge in [-0.2, -0.15) is 5.10 Å². The van der Waals surface area contributed by atoms with Gasteiger partial charge in [0.2, 0.25) is 0 Å². The molecule has 0 atom stereocenters. The van der Waals surface area contributed by atoms with Crippen molar-refractivity contribution in [3.63, 3.8) is 0 Å². The summed E-state index contributed by atoms with van der Waals surface area (Å²) in [6.45, 7) is 2.23. The fraction of sp³-hybridized carbons (Fsp3) is 0.214. The first kappa shape index (κ1) is 13.8. The van der Waals surface area contributed by atoms with E-state index in [2.05, 4.69) is 31.1 Å². The zero-order chi connectivity index (χ0) is 15.0. The molecule has 0 bridgehead atoms. The first-order chi connectivity index (χ1) is 10.1. The third kappa shape index (κ3) is 2.56. The first-order valence-corrected chi connectivity index (χ1v) is 7.14. The molecule has 6 nitrogen and oxygen atoms in total. The van der Waals surface area contributed by atoms with Gasteiger partial charge in [-0.1, -0.05) is 15.9 Å². The lowest BCUT2D eigenvalue weighted by atomic mass is 10.1. The molecule has 0 unspecified atom stereocenters. The van der Waals surface area contributed by atoms with Crippen LogP contribution in [0.5, 0.6) is 0 Å². The Labute approximate surface area is 129 Å². The van der Waals surface area contributed by atoms with Gasteiger partial charge in [0.05, 0.1) is 6.54 Å². The van der Waals surface area contributed by atoms with Gasteiger partial charge in [0.15, 0.2) is 5.76 Å². The number of nitrogens with zero attached hydrogens (tertiary/aromatic N) is 3. The van der Waals surface area contributed by atoms with E-state index in [9.17, 15) is 4.79 Å². The summed E-state index contributed by atoms with van der Waals surface area (Å²) in [6, 6.07) is 5.68. The molecule has 1 N–H and O–H groups in total. The number of rotatable bonds is 3. The van der Waals surface area contributed by atoms with Crippen LogP contribution in [-0.4, -0.2) is 33.0 Å². The summed E-state index contributed by atoms with van der Waals surface area (Å²) in [5.74, 6) is 0.795. The molecule has 2 aromatic heterocycles. The monoisotopic (exact) mass is 348 g/mol. The summed E-state index contributed by atoms with van der Waals surface area (Å²) in [5.41, 5.74) is 1.54. The second-order valence-corrected chi connectivity index (χ2v) is 5.71. The van der Waals surface area contributed by atoms with Crippen molar-refractivity contribution < 1.29 is 9.21 Å². The normalized spacial score (nSPS) is 11.0. The summed E-state index contributed by atoms with van der Waals surface area (Å²) >= 11 is 3.43. The Kier molecular flexibility index (Phi) is 3.50. The molecule has 3 aromatic rings. The van der Waals surface area contributed by atoms with E-state index in [0.29, 0.717) is 23.7 Å². The van der Waals surface area contributed by atoms with Crippen LogP contribution in [0.25, 0.3) is 11.0 Å². The maximum atomic E-state index is 12.5. The lowest BCUT2D eigenvalue weighted by Crippen LogP contribution is -2.26. The van der Waals surface area contributed by atoms with Crippen molar-refractivity contribution in [2.24, 2.45) is 0 Å². The average molecular weight is 349 g/mol. The minimum absolute atomic E-state index is 0.184. The number of aryl methyl sites for hydroxylation is 1. The Morgan fingerprint density at radius 1 is 1.48 bits per heavy atom. The lowest BCUT2D eigenvalue weighted by Gasteiger charge is -2.14. The van der Waals surface area contributed by atoms with E-state index >= 15 is 0 Å². The van der Waals surface area contributed by atoms with Crippen LogP contribution in [0.4, 0.5) is 0 Å². The highest BCUT2D eigenvalue weighted by Gasteiger charge is 2.21. The molecule has 2 heterocycles. The Morgan fingerprint density at radius 3 is 3.00 bits per heavy atom. The van der Waals surface area contributed by atoms with Crippen molar-refractivity contribution in [3.8, 4) is 0 Å². The van der Waals surface area contributed by atoms with Gasteiger partial charge in [-0.3, -0.25) is 9.89 Å². The Hall–Kier alpha value is -2.15. The third-order valence-corrected chi connectivity index (χ3v) is 3.78. The molecule has 1 amide bonds. The number of furan rings is 1. The van der Waals surface area contributed by atoms with Crippen molar-refractivity contribution in [3.05, 3.63) is 46.1 Å². The summed E-state index contributed by atoms with van der Waals surface area (Å²) in [7, 11) is 1.70. The summed E-state index contributed by atoms with van der Waals surface area (Å²) in [4.78, 5) is 18.1. The van der Waals surface area contributed by atoms with Gasteiger partial charge in [0, 0.05) is 22.5 Å². The molecule has 7 heteroatoms. The molecule has 0 aliphatic heterocycles. The quantitative estimate of drug-likeness (QED) is 0.789. The maximum absolute atomic E-state index is 12.5. The smallest absolute Gasteiger partial charge is 0.290 e. The predicted octanol–water partition coefficient (Wildman–Crippen LogP) is 2.89. The van der Waals surface area contributed by atoms with Gasteiger partial charge >= 0.3 is 0 Å². The molecule has 0 saturated heterocycles. The van der Waals surface area contributed by atoms with Crippen LogP contribution in [-0.2, 0) is 6.54 Å². The van der Waals surface area contributed by atoms with Crippen LogP contribution < -0.4 is 0 Å². The zero-order valence-corrected chi connectivity index (χ0v) is 13.1. The Bertz CT molecular complexity index is 795. The molecule has 21 heavy (non-hydrogen) atoms. The molecule has 0 spiro atoms. The fourth-order valence-electron chi connectivity index (χ4n) is 2.17. The van der Waals surface area contributed by atoms with Crippen LogP contribution >= 0.6 is 15.9 Å². The molecule has 0 aliphatic carbocycles. The van der Waals surface area contributed by atoms with E-state index in [1.165, 1.54) is 6.33 Å². The van der Waals surface area contributed by atoms with Crippen molar-refractivity contribution in [1.29, 1.82) is 0 Å². The lowest BCUT2D eigenvalue weighted by molar-refractivity contribution is 0.0751. The molecular formula is C14H13BrN4O2. The first-order valence-electron chi connectivity index (χ1n) is 6.34. The van der Waals surface area contributed by atoms with Crippen LogP contribution in [0.3, 0.4) is 0 Å². The zero-order valence-electron chi connectivity index (χ0n) is 11.6. The molecule has 0 fully saturated rings. The highest BCUT2D eigenvalue weighted by molar-refractivity contribution is 9.10. The molecular weight excluding hydrogens is 336 g/mol. The maximum Gasteiger partial charge on any atom is 0.290 e. The summed E-state index contributed by atoms with van der Waals surface area (Å²) < 4.78 is 6.65. The number of benzene rings is 1. The van der Waals surface area contributed by atoms with E-state index in [4.69, 9.17) is 4.42 Å². The number of halogens is 1. The third-order valence-electron chi connectivity index (χ3n) is 3.29. The molecule has 0 aliphatic rings. The predicted molar refractivity (Wildman–Crippen MR) is 80.8 cm³/mol. The Morgan fingerprint density at radius 2 is 2.29 bits per heavy atom. The highest BCUT2D eigenvalue weighted by atomic mass is 79.9. The Balaban J connectivity index is 1.92. The minimum Gasteiger partial charge on any atom is -0.451 e. The number of amides is 1. The van der Waals surface area contributed by atoms with Crippen LogP contribution in [0.2, 0.25) is 0 Å². The summed E-state index contributed by atoms with van der Waals surface area (Å²) in [6.07, 6.45) is 1.41. The number of carbonyl (C=O) groups is 1. The fourth-order valence-corrected chi connectivity index (χ4v) is 2.54. The topological polar surface area (TPSA) is 75.0 Å². The van der Waals surface area contributed by atoms with Crippen LogP contribution in [0, 0.1) is 6.92 Å². The standard InChI is InChI=1S/C14H13BrN4O2/c1-8-10-5-9(15)3-4-11(10)21-13(8)14(20)19(2)6-12-16-7-17-18-12/h3-5,7H,6H2,1-2H3,(H,16,17,18). The van der Waals surface area contributed by atoms with Crippen molar-refractivity contribution in [2.45, 2.75) is 13.5 Å². The van der Waals surface area contributed by atoms with Gasteiger partial charge in [0.25, 0.3) is 5.91 Å². The SMILES string of the molecule is Cc1c(C(=O)N(C)Cc2ncn[nH]2)oc2ccc(Br)cc12. The average Bonchev–Trinajstić information content (AvgIpc) is 3.07. The number of H-pyrrole nitrogens is 1. The van der Waals surface area contributed by atoms with E-state index < -0.39 is 0 Å². The molecule has 1 aromatic carbocycles. The van der Waals surface area contributed by atoms with E-state index in [1.54, 1.807) is 11.9 Å². The largest absolute Gasteiger partial charge is 0.451 e. The number of aromatic amines is 1. The summed E-state index contributed by atoms with van der Waals surface area (Å²) in [5, 5.41) is 7.43. The number of nitrogens with one attached hydrogen (secondary N) is 1. The number of aromatic nitrogens is 3. The number of fused-ring (bicyclic) bond motifs is 1. The van der Waals surface area contributed by atoms with Crippen molar-refractivity contribution in [2.75, 3.05) is 7.05 Å². The molecule has 3 rings (SSSR count). The van der Waals surface area contributed by atoms with Gasteiger partial charge < -0.3 is 9.32 Å².